The molecule has 0 aliphatic heterocycles. The molecule has 1 fully saturated rings. The summed E-state index contributed by atoms with van der Waals surface area (Å²) in [5, 5.41) is 12.3. The lowest BCUT2D eigenvalue weighted by atomic mass is 10.2. The number of anilines is 1. The normalized spacial score (nSPS) is 14.7. The van der Waals surface area contributed by atoms with Crippen LogP contribution in [-0.4, -0.2) is 46.6 Å². The van der Waals surface area contributed by atoms with Crippen molar-refractivity contribution in [3.8, 4) is 0 Å². The monoisotopic (exact) mass is 263 g/mol. The Balaban J connectivity index is 1.94. The van der Waals surface area contributed by atoms with Crippen molar-refractivity contribution in [3.05, 3.63) is 23.5 Å². The molecule has 0 unspecified atom stereocenters. The maximum absolute atomic E-state index is 11.1. The van der Waals surface area contributed by atoms with E-state index in [4.69, 9.17) is 5.11 Å². The van der Waals surface area contributed by atoms with Crippen LogP contribution < -0.4 is 5.32 Å². The summed E-state index contributed by atoms with van der Waals surface area (Å²) in [7, 11) is 0. The number of nitrogens with zero attached hydrogens (tertiary/aromatic N) is 2. The number of pyridine rings is 1. The van der Waals surface area contributed by atoms with Gasteiger partial charge in [0.1, 0.15) is 5.56 Å². The van der Waals surface area contributed by atoms with Gasteiger partial charge >= 0.3 is 5.97 Å². The van der Waals surface area contributed by atoms with Crippen LogP contribution in [0.3, 0.4) is 0 Å². The summed E-state index contributed by atoms with van der Waals surface area (Å²) in [6, 6.07) is 2.53. The molecule has 1 saturated carbocycles. The van der Waals surface area contributed by atoms with Gasteiger partial charge < -0.3 is 10.4 Å². The number of hydrogen-bond donors (Lipinski definition) is 2. The fourth-order valence-electron chi connectivity index (χ4n) is 2.25. The molecule has 2 rings (SSSR count). The van der Waals surface area contributed by atoms with Gasteiger partial charge in [-0.25, -0.2) is 4.79 Å². The zero-order chi connectivity index (χ0) is 13.8. The van der Waals surface area contributed by atoms with Gasteiger partial charge in [-0.1, -0.05) is 6.92 Å². The van der Waals surface area contributed by atoms with Crippen molar-refractivity contribution in [2.45, 2.75) is 32.7 Å². The van der Waals surface area contributed by atoms with Crippen molar-refractivity contribution in [1.29, 1.82) is 0 Å². The Morgan fingerprint density at radius 2 is 2.32 bits per heavy atom. The Hall–Kier alpha value is -1.62. The van der Waals surface area contributed by atoms with Gasteiger partial charge in [0.05, 0.1) is 5.69 Å². The third-order valence-corrected chi connectivity index (χ3v) is 3.46. The van der Waals surface area contributed by atoms with E-state index in [1.165, 1.54) is 19.0 Å². The molecule has 19 heavy (non-hydrogen) atoms. The first-order valence-electron chi connectivity index (χ1n) is 6.79. The number of aromatic nitrogens is 1. The highest BCUT2D eigenvalue weighted by atomic mass is 16.4. The molecule has 0 bridgehead atoms. The van der Waals surface area contributed by atoms with E-state index in [2.05, 4.69) is 22.1 Å². The van der Waals surface area contributed by atoms with Crippen molar-refractivity contribution >= 4 is 11.7 Å². The molecule has 1 heterocycles. The topological polar surface area (TPSA) is 65.5 Å². The van der Waals surface area contributed by atoms with Gasteiger partial charge in [-0.05, 0) is 32.4 Å². The lowest BCUT2D eigenvalue weighted by molar-refractivity contribution is 0.0697. The van der Waals surface area contributed by atoms with Crippen molar-refractivity contribution in [1.82, 2.24) is 9.88 Å². The minimum Gasteiger partial charge on any atom is -0.478 e. The van der Waals surface area contributed by atoms with E-state index in [1.54, 1.807) is 6.07 Å². The van der Waals surface area contributed by atoms with Crippen LogP contribution in [0.4, 0.5) is 5.69 Å². The molecule has 2 N–H and O–H groups in total. The van der Waals surface area contributed by atoms with Gasteiger partial charge in [-0.15, -0.1) is 0 Å². The highest BCUT2D eigenvalue weighted by Crippen LogP contribution is 2.26. The Bertz CT molecular complexity index is 458. The predicted molar refractivity (Wildman–Crippen MR) is 74.7 cm³/mol. The molecule has 0 saturated heterocycles. The van der Waals surface area contributed by atoms with E-state index in [1.807, 2.05) is 6.92 Å². The molecule has 1 aliphatic carbocycles. The first kappa shape index (κ1) is 13.8. The summed E-state index contributed by atoms with van der Waals surface area (Å²) in [5.41, 5.74) is 1.72. The van der Waals surface area contributed by atoms with Crippen LogP contribution in [0.25, 0.3) is 0 Å². The van der Waals surface area contributed by atoms with Crippen LogP contribution >= 0.6 is 0 Å². The SMILES string of the molecule is CCN(CCNc1cc(C)ncc1C(=O)O)C1CC1. The molecule has 5 heteroatoms. The van der Waals surface area contributed by atoms with E-state index in [0.717, 1.165) is 31.4 Å². The van der Waals surface area contributed by atoms with Crippen molar-refractivity contribution < 1.29 is 9.90 Å². The molecule has 1 aromatic rings. The Kier molecular flexibility index (Phi) is 4.37. The second-order valence-electron chi connectivity index (χ2n) is 4.96. The average Bonchev–Trinajstić information content (AvgIpc) is 3.18. The van der Waals surface area contributed by atoms with Gasteiger partial charge in [0.15, 0.2) is 0 Å². The molecular weight excluding hydrogens is 242 g/mol. The molecule has 0 atom stereocenters. The van der Waals surface area contributed by atoms with E-state index in [-0.39, 0.29) is 5.56 Å². The van der Waals surface area contributed by atoms with Gasteiger partial charge in [-0.2, -0.15) is 0 Å². The number of nitrogens with one attached hydrogen (secondary N) is 1. The lowest BCUT2D eigenvalue weighted by Gasteiger charge is -2.20. The Morgan fingerprint density at radius 1 is 1.58 bits per heavy atom. The Morgan fingerprint density at radius 3 is 2.89 bits per heavy atom. The highest BCUT2D eigenvalue weighted by Gasteiger charge is 2.27. The zero-order valence-electron chi connectivity index (χ0n) is 11.5. The minimum atomic E-state index is -0.940. The summed E-state index contributed by atoms with van der Waals surface area (Å²) in [6.07, 6.45) is 4.00. The number of aromatic carboxylic acids is 1. The van der Waals surface area contributed by atoms with Crippen molar-refractivity contribution in [2.75, 3.05) is 25.0 Å². The first-order valence-corrected chi connectivity index (χ1v) is 6.79. The molecule has 0 aromatic carbocycles. The molecular formula is C14H21N3O2. The smallest absolute Gasteiger partial charge is 0.339 e. The molecule has 0 spiro atoms. The van der Waals surface area contributed by atoms with E-state index >= 15 is 0 Å². The number of hydrogen-bond acceptors (Lipinski definition) is 4. The largest absolute Gasteiger partial charge is 0.478 e. The van der Waals surface area contributed by atoms with Crippen LogP contribution in [-0.2, 0) is 0 Å². The molecule has 0 amide bonds. The van der Waals surface area contributed by atoms with E-state index in [9.17, 15) is 4.79 Å². The molecule has 104 valence electrons. The maximum Gasteiger partial charge on any atom is 0.339 e. The van der Waals surface area contributed by atoms with Crippen molar-refractivity contribution in [3.63, 3.8) is 0 Å². The highest BCUT2D eigenvalue weighted by molar-refractivity contribution is 5.93. The van der Waals surface area contributed by atoms with Crippen LogP contribution in [0.1, 0.15) is 35.8 Å². The number of carbonyl (C=O) groups is 1. The second-order valence-corrected chi connectivity index (χ2v) is 4.96. The number of aryl methyl sites for hydroxylation is 1. The summed E-state index contributed by atoms with van der Waals surface area (Å²) in [4.78, 5) is 17.6. The van der Waals surface area contributed by atoms with Crippen LogP contribution in [0.5, 0.6) is 0 Å². The summed E-state index contributed by atoms with van der Waals surface area (Å²) in [6.45, 7) is 6.78. The fraction of sp³-hybridized carbons (Fsp3) is 0.571. The quantitative estimate of drug-likeness (QED) is 0.787. The summed E-state index contributed by atoms with van der Waals surface area (Å²) >= 11 is 0. The average molecular weight is 263 g/mol. The third-order valence-electron chi connectivity index (χ3n) is 3.46. The van der Waals surface area contributed by atoms with Gasteiger partial charge in [0, 0.05) is 31.0 Å². The number of carboxylic acid groups (broad SMARTS) is 1. The summed E-state index contributed by atoms with van der Waals surface area (Å²) < 4.78 is 0. The third kappa shape index (κ3) is 3.67. The molecule has 0 radical (unpaired) electrons. The zero-order valence-corrected chi connectivity index (χ0v) is 11.5. The maximum atomic E-state index is 11.1. The van der Waals surface area contributed by atoms with Gasteiger partial charge in [0.2, 0.25) is 0 Å². The predicted octanol–water partition coefficient (Wildman–Crippen LogP) is 1.98. The molecule has 1 aromatic heterocycles. The lowest BCUT2D eigenvalue weighted by Crippen LogP contribution is -2.31. The Labute approximate surface area is 113 Å². The fourth-order valence-corrected chi connectivity index (χ4v) is 2.25. The second kappa shape index (κ2) is 6.02. The van der Waals surface area contributed by atoms with Crippen LogP contribution in [0.15, 0.2) is 12.3 Å². The summed E-state index contributed by atoms with van der Waals surface area (Å²) in [5.74, 6) is -0.940. The molecule has 1 aliphatic rings. The van der Waals surface area contributed by atoms with Gasteiger partial charge in [-0.3, -0.25) is 9.88 Å². The van der Waals surface area contributed by atoms with Crippen molar-refractivity contribution in [2.24, 2.45) is 0 Å². The minimum absolute atomic E-state index is 0.236. The molecule has 5 nitrogen and oxygen atoms in total. The number of likely N-dealkylation sites (N-methyl/N-ethyl adjacent to an activating group) is 1. The van der Waals surface area contributed by atoms with Gasteiger partial charge in [0.25, 0.3) is 0 Å². The van der Waals surface area contributed by atoms with E-state index < -0.39 is 5.97 Å². The van der Waals surface area contributed by atoms with Crippen LogP contribution in [0.2, 0.25) is 0 Å². The van der Waals surface area contributed by atoms with Crippen LogP contribution in [0, 0.1) is 6.92 Å². The number of carboxylic acids is 1. The number of rotatable bonds is 7. The first-order chi connectivity index (χ1) is 9.11. The van der Waals surface area contributed by atoms with E-state index in [0.29, 0.717) is 5.69 Å². The standard InChI is InChI=1S/C14H21N3O2/c1-3-17(11-4-5-11)7-6-15-13-8-10(2)16-9-12(13)14(18)19/h8-9,11H,3-7H2,1-2H3,(H,15,16)(H,18,19).